The number of rotatable bonds is 3. The van der Waals surface area contributed by atoms with E-state index in [1.165, 1.54) is 0 Å². The topological polar surface area (TPSA) is 86.6 Å². The molecule has 2 rings (SSSR count). The third-order valence-corrected chi connectivity index (χ3v) is 2.89. The SMILES string of the molecule is O=C(O)C[C@H]1[C@@H]2C[C@@H]2N[C@@H]1C(=O)O. The summed E-state index contributed by atoms with van der Waals surface area (Å²) in [7, 11) is 0. The molecule has 1 saturated heterocycles. The van der Waals surface area contributed by atoms with Gasteiger partial charge in [0.25, 0.3) is 0 Å². The van der Waals surface area contributed by atoms with E-state index >= 15 is 0 Å². The van der Waals surface area contributed by atoms with Crippen LogP contribution in [0.3, 0.4) is 0 Å². The number of fused-ring (bicyclic) bond motifs is 1. The van der Waals surface area contributed by atoms with Crippen LogP contribution >= 0.6 is 0 Å². The first kappa shape index (κ1) is 8.50. The molecular formula is C8H11NO4. The van der Waals surface area contributed by atoms with Gasteiger partial charge in [-0.1, -0.05) is 0 Å². The molecule has 4 atom stereocenters. The molecule has 5 heteroatoms. The molecule has 1 saturated carbocycles. The van der Waals surface area contributed by atoms with Gasteiger partial charge in [-0.25, -0.2) is 0 Å². The van der Waals surface area contributed by atoms with Gasteiger partial charge < -0.3 is 15.5 Å². The van der Waals surface area contributed by atoms with Crippen molar-refractivity contribution >= 4 is 11.9 Å². The molecule has 0 radical (unpaired) electrons. The fourth-order valence-electron chi connectivity index (χ4n) is 2.21. The summed E-state index contributed by atoms with van der Waals surface area (Å²) in [5.41, 5.74) is 0. The van der Waals surface area contributed by atoms with Crippen LogP contribution in [-0.2, 0) is 9.59 Å². The van der Waals surface area contributed by atoms with E-state index in [1.54, 1.807) is 0 Å². The number of carboxylic acid groups (broad SMARTS) is 2. The van der Waals surface area contributed by atoms with Gasteiger partial charge in [-0.2, -0.15) is 0 Å². The van der Waals surface area contributed by atoms with Crippen LogP contribution in [0.25, 0.3) is 0 Å². The van der Waals surface area contributed by atoms with Gasteiger partial charge >= 0.3 is 11.9 Å². The van der Waals surface area contributed by atoms with E-state index in [1.807, 2.05) is 0 Å². The maximum absolute atomic E-state index is 10.7. The first-order valence-corrected chi connectivity index (χ1v) is 4.30. The van der Waals surface area contributed by atoms with Crippen LogP contribution in [0.5, 0.6) is 0 Å². The first-order chi connectivity index (χ1) is 6.09. The van der Waals surface area contributed by atoms with Gasteiger partial charge in [-0.15, -0.1) is 0 Å². The number of hydrogen-bond acceptors (Lipinski definition) is 3. The van der Waals surface area contributed by atoms with Gasteiger partial charge in [-0.3, -0.25) is 9.59 Å². The summed E-state index contributed by atoms with van der Waals surface area (Å²) in [4.78, 5) is 21.2. The second-order valence-corrected chi connectivity index (χ2v) is 3.75. The van der Waals surface area contributed by atoms with Crippen molar-refractivity contribution in [3.8, 4) is 0 Å². The molecule has 2 fully saturated rings. The maximum atomic E-state index is 10.7. The minimum Gasteiger partial charge on any atom is -0.481 e. The predicted octanol–water partition coefficient (Wildman–Crippen LogP) is -0.478. The van der Waals surface area contributed by atoms with E-state index in [0.29, 0.717) is 0 Å². The molecule has 0 amide bonds. The third kappa shape index (κ3) is 1.39. The van der Waals surface area contributed by atoms with E-state index < -0.39 is 18.0 Å². The average molecular weight is 185 g/mol. The molecule has 0 aromatic heterocycles. The summed E-state index contributed by atoms with van der Waals surface area (Å²) in [6, 6.07) is -0.398. The molecule has 2 aliphatic rings. The minimum atomic E-state index is -0.932. The van der Waals surface area contributed by atoms with Gasteiger partial charge in [0.2, 0.25) is 0 Å². The Bertz CT molecular complexity index is 265. The second-order valence-electron chi connectivity index (χ2n) is 3.75. The van der Waals surface area contributed by atoms with Crippen molar-refractivity contribution in [2.24, 2.45) is 11.8 Å². The smallest absolute Gasteiger partial charge is 0.321 e. The number of hydrogen-bond donors (Lipinski definition) is 3. The lowest BCUT2D eigenvalue weighted by atomic mass is 9.94. The van der Waals surface area contributed by atoms with Crippen LogP contribution in [0.2, 0.25) is 0 Å². The minimum absolute atomic E-state index is 0.0366. The summed E-state index contributed by atoms with van der Waals surface area (Å²) >= 11 is 0. The highest BCUT2D eigenvalue weighted by Crippen LogP contribution is 2.46. The summed E-state index contributed by atoms with van der Waals surface area (Å²) in [6.07, 6.45) is 0.896. The number of carbonyl (C=O) groups is 2. The van der Waals surface area contributed by atoms with Gasteiger partial charge in [0.1, 0.15) is 6.04 Å². The summed E-state index contributed by atoms with van der Waals surface area (Å²) in [5.74, 6) is -1.79. The second kappa shape index (κ2) is 2.70. The molecule has 13 heavy (non-hydrogen) atoms. The van der Waals surface area contributed by atoms with Crippen LogP contribution in [0, 0.1) is 11.8 Å². The summed E-state index contributed by atoms with van der Waals surface area (Å²) < 4.78 is 0. The van der Waals surface area contributed by atoms with E-state index in [4.69, 9.17) is 10.2 Å². The highest BCUT2D eigenvalue weighted by atomic mass is 16.4. The molecule has 1 aliphatic carbocycles. The zero-order chi connectivity index (χ0) is 9.59. The Hall–Kier alpha value is -1.10. The molecule has 0 aromatic rings. The molecule has 3 N–H and O–H groups in total. The van der Waals surface area contributed by atoms with E-state index in [2.05, 4.69) is 5.32 Å². The quantitative estimate of drug-likeness (QED) is 0.553. The zero-order valence-corrected chi connectivity index (χ0v) is 6.93. The van der Waals surface area contributed by atoms with Gasteiger partial charge in [0, 0.05) is 6.04 Å². The van der Waals surface area contributed by atoms with Crippen LogP contribution in [0.4, 0.5) is 0 Å². The third-order valence-electron chi connectivity index (χ3n) is 2.89. The van der Waals surface area contributed by atoms with Crippen LogP contribution in [-0.4, -0.2) is 34.2 Å². The maximum Gasteiger partial charge on any atom is 0.321 e. The lowest BCUT2D eigenvalue weighted by Crippen LogP contribution is -2.39. The Morgan fingerprint density at radius 2 is 2.08 bits per heavy atom. The van der Waals surface area contributed by atoms with Gasteiger partial charge in [0.15, 0.2) is 0 Å². The Kier molecular flexibility index (Phi) is 1.76. The zero-order valence-electron chi connectivity index (χ0n) is 6.93. The van der Waals surface area contributed by atoms with Crippen molar-refractivity contribution in [3.63, 3.8) is 0 Å². The Balaban J connectivity index is 2.04. The number of piperidine rings is 1. The molecule has 5 nitrogen and oxygen atoms in total. The Morgan fingerprint density at radius 1 is 1.38 bits per heavy atom. The molecule has 0 aromatic carbocycles. The molecule has 0 bridgehead atoms. The number of aliphatic carboxylic acids is 2. The van der Waals surface area contributed by atoms with Crippen molar-refractivity contribution < 1.29 is 19.8 Å². The fraction of sp³-hybridized carbons (Fsp3) is 0.750. The van der Waals surface area contributed by atoms with Crippen molar-refractivity contribution in [2.45, 2.75) is 24.9 Å². The Labute approximate surface area is 74.7 Å². The molecule has 1 aliphatic heterocycles. The highest BCUT2D eigenvalue weighted by molar-refractivity contribution is 5.77. The summed E-state index contributed by atoms with van der Waals surface area (Å²) in [5, 5.41) is 20.3. The van der Waals surface area contributed by atoms with E-state index in [9.17, 15) is 9.59 Å². The van der Waals surface area contributed by atoms with Crippen LogP contribution < -0.4 is 5.32 Å². The van der Waals surface area contributed by atoms with Gasteiger partial charge in [0.05, 0.1) is 6.42 Å². The van der Waals surface area contributed by atoms with Crippen LogP contribution in [0.15, 0.2) is 0 Å². The molecular weight excluding hydrogens is 174 g/mol. The van der Waals surface area contributed by atoms with Crippen LogP contribution in [0.1, 0.15) is 12.8 Å². The largest absolute Gasteiger partial charge is 0.481 e. The van der Waals surface area contributed by atoms with Crippen molar-refractivity contribution in [1.29, 1.82) is 0 Å². The Morgan fingerprint density at radius 3 is 2.62 bits per heavy atom. The molecule has 0 spiro atoms. The number of carboxylic acids is 2. The average Bonchev–Trinajstić information content (AvgIpc) is 2.68. The lowest BCUT2D eigenvalue weighted by molar-refractivity contribution is -0.142. The van der Waals surface area contributed by atoms with E-state index in [0.717, 1.165) is 6.42 Å². The monoisotopic (exact) mass is 185 g/mol. The molecule has 0 unspecified atom stereocenters. The molecule has 72 valence electrons. The standard InChI is InChI=1S/C8H11NO4/c10-6(11)2-4-3-1-5(3)9-7(4)8(12)13/h3-5,7,9H,1-2H2,(H,10,11)(H,12,13)/t3-,4-,5-,7-/m0/s1. The predicted molar refractivity (Wildman–Crippen MR) is 42.2 cm³/mol. The van der Waals surface area contributed by atoms with E-state index in [-0.39, 0.29) is 24.3 Å². The molecule has 1 heterocycles. The summed E-state index contributed by atoms with van der Waals surface area (Å²) in [6.45, 7) is 0. The van der Waals surface area contributed by atoms with Gasteiger partial charge in [-0.05, 0) is 18.3 Å². The van der Waals surface area contributed by atoms with Crippen molar-refractivity contribution in [2.75, 3.05) is 0 Å². The lowest BCUT2D eigenvalue weighted by Gasteiger charge is -2.16. The van der Waals surface area contributed by atoms with Crippen molar-refractivity contribution in [1.82, 2.24) is 5.32 Å². The fourth-order valence-corrected chi connectivity index (χ4v) is 2.21. The highest BCUT2D eigenvalue weighted by Gasteiger charge is 2.55. The van der Waals surface area contributed by atoms with Crippen molar-refractivity contribution in [3.05, 3.63) is 0 Å². The first-order valence-electron chi connectivity index (χ1n) is 4.30. The normalized spacial score (nSPS) is 41.2. The number of nitrogens with one attached hydrogen (secondary N) is 1.